The Morgan fingerprint density at radius 2 is 1.74 bits per heavy atom. The Hall–Kier alpha value is -0.830. The Labute approximate surface area is 164 Å². The van der Waals surface area contributed by atoms with E-state index >= 15 is 0 Å². The molecule has 0 aliphatic carbocycles. The lowest BCUT2D eigenvalue weighted by atomic mass is 10.2. The summed E-state index contributed by atoms with van der Waals surface area (Å²) < 4.78 is 0.966. The summed E-state index contributed by atoms with van der Waals surface area (Å²) in [6.07, 6.45) is 0.838. The number of hydrogen-bond donors (Lipinski definition) is 3. The fourth-order valence-electron chi connectivity index (χ4n) is 1.72. The molecule has 0 fully saturated rings. The third-order valence-electron chi connectivity index (χ3n) is 2.94. The van der Waals surface area contributed by atoms with Crippen molar-refractivity contribution in [3.05, 3.63) is 34.3 Å². The molecule has 0 heterocycles. The summed E-state index contributed by atoms with van der Waals surface area (Å²) >= 11 is 3.35. The summed E-state index contributed by atoms with van der Waals surface area (Å²) in [6.45, 7) is 6.58. The number of nitrogens with zero attached hydrogens (tertiary/aromatic N) is 1. The number of halogens is 2. The second kappa shape index (κ2) is 12.6. The second-order valence-electron chi connectivity index (χ2n) is 5.39. The summed E-state index contributed by atoms with van der Waals surface area (Å²) in [7, 11) is 1.75. The van der Waals surface area contributed by atoms with Gasteiger partial charge in [-0.3, -0.25) is 9.79 Å². The van der Waals surface area contributed by atoms with Gasteiger partial charge in [-0.05, 0) is 36.6 Å². The third-order valence-corrected chi connectivity index (χ3v) is 3.47. The first-order valence-corrected chi connectivity index (χ1v) is 8.30. The van der Waals surface area contributed by atoms with Crippen LogP contribution in [-0.2, 0) is 0 Å². The van der Waals surface area contributed by atoms with E-state index in [1.807, 2.05) is 12.1 Å². The predicted octanol–water partition coefficient (Wildman–Crippen LogP) is 3.01. The fourth-order valence-corrected chi connectivity index (χ4v) is 1.99. The number of hydrogen-bond acceptors (Lipinski definition) is 2. The summed E-state index contributed by atoms with van der Waals surface area (Å²) in [5.74, 6) is 1.33. The number of carbonyl (C=O) groups excluding carboxylic acids is 1. The van der Waals surface area contributed by atoms with Crippen molar-refractivity contribution in [1.82, 2.24) is 16.0 Å². The maximum Gasteiger partial charge on any atom is 0.251 e. The molecule has 1 rings (SSSR count). The van der Waals surface area contributed by atoms with Crippen molar-refractivity contribution in [1.29, 1.82) is 0 Å². The van der Waals surface area contributed by atoms with Crippen molar-refractivity contribution in [3.63, 3.8) is 0 Å². The average Bonchev–Trinajstić information content (AvgIpc) is 2.50. The highest BCUT2D eigenvalue weighted by molar-refractivity contribution is 14.0. The van der Waals surface area contributed by atoms with Gasteiger partial charge in [-0.15, -0.1) is 24.0 Å². The highest BCUT2D eigenvalue weighted by atomic mass is 127. The molecule has 0 bridgehead atoms. The van der Waals surface area contributed by atoms with Crippen LogP contribution in [0.25, 0.3) is 0 Å². The van der Waals surface area contributed by atoms with Gasteiger partial charge in [-0.1, -0.05) is 29.8 Å². The monoisotopic (exact) mass is 496 g/mol. The summed E-state index contributed by atoms with van der Waals surface area (Å²) in [5.41, 5.74) is 0.672. The number of guanidine groups is 1. The lowest BCUT2D eigenvalue weighted by Gasteiger charge is -2.13. The van der Waals surface area contributed by atoms with E-state index in [2.05, 4.69) is 50.7 Å². The molecule has 3 N–H and O–H groups in total. The van der Waals surface area contributed by atoms with E-state index in [-0.39, 0.29) is 29.9 Å². The van der Waals surface area contributed by atoms with Crippen LogP contribution in [0.15, 0.2) is 33.7 Å². The number of carbonyl (C=O) groups is 1. The van der Waals surface area contributed by atoms with Crippen molar-refractivity contribution < 1.29 is 4.79 Å². The zero-order valence-electron chi connectivity index (χ0n) is 13.9. The Bertz CT molecular complexity index is 491. The van der Waals surface area contributed by atoms with Crippen LogP contribution in [0.3, 0.4) is 0 Å². The van der Waals surface area contributed by atoms with Gasteiger partial charge in [0, 0.05) is 36.7 Å². The van der Waals surface area contributed by atoms with Gasteiger partial charge in [0.15, 0.2) is 5.96 Å². The highest BCUT2D eigenvalue weighted by Gasteiger charge is 2.04. The molecule has 7 heteroatoms. The molecule has 0 spiro atoms. The number of aliphatic imine (C=N–C) groups is 1. The fraction of sp³-hybridized carbons (Fsp3) is 0.500. The van der Waals surface area contributed by atoms with E-state index < -0.39 is 0 Å². The van der Waals surface area contributed by atoms with Crippen LogP contribution < -0.4 is 16.0 Å². The minimum absolute atomic E-state index is 0. The standard InChI is InChI=1S/C16H25BrN4O.HI/c1-12(2)11-21-16(18-3)20-10-4-9-19-15(22)13-5-7-14(17)8-6-13;/h5-8,12H,4,9-11H2,1-3H3,(H,19,22)(H2,18,20,21);1H. The quantitative estimate of drug-likeness (QED) is 0.235. The molecule has 1 aromatic rings. The van der Waals surface area contributed by atoms with Crippen LogP contribution in [0.2, 0.25) is 0 Å². The molecular formula is C16H26BrIN4O. The molecular weight excluding hydrogens is 471 g/mol. The molecule has 0 aliphatic rings. The smallest absolute Gasteiger partial charge is 0.251 e. The molecule has 1 amide bonds. The zero-order valence-corrected chi connectivity index (χ0v) is 17.8. The van der Waals surface area contributed by atoms with E-state index in [9.17, 15) is 4.79 Å². The topological polar surface area (TPSA) is 65.5 Å². The summed E-state index contributed by atoms with van der Waals surface area (Å²) in [5, 5.41) is 9.38. The van der Waals surface area contributed by atoms with Gasteiger partial charge in [0.1, 0.15) is 0 Å². The van der Waals surface area contributed by atoms with Gasteiger partial charge in [0.2, 0.25) is 0 Å². The van der Waals surface area contributed by atoms with Gasteiger partial charge in [0.05, 0.1) is 0 Å². The van der Waals surface area contributed by atoms with Crippen molar-refractivity contribution in [2.24, 2.45) is 10.9 Å². The van der Waals surface area contributed by atoms with Crippen molar-refractivity contribution in [2.45, 2.75) is 20.3 Å². The maximum atomic E-state index is 11.9. The Kier molecular flexibility index (Phi) is 12.1. The van der Waals surface area contributed by atoms with Crippen LogP contribution >= 0.6 is 39.9 Å². The lowest BCUT2D eigenvalue weighted by molar-refractivity contribution is 0.0953. The van der Waals surface area contributed by atoms with Gasteiger partial charge in [0.25, 0.3) is 5.91 Å². The first-order valence-electron chi connectivity index (χ1n) is 7.51. The molecule has 0 saturated carbocycles. The predicted molar refractivity (Wildman–Crippen MR) is 111 cm³/mol. The normalized spacial score (nSPS) is 10.9. The summed E-state index contributed by atoms with van der Waals surface area (Å²) in [4.78, 5) is 16.1. The first kappa shape index (κ1) is 22.2. The van der Waals surface area contributed by atoms with Crippen LogP contribution in [0.4, 0.5) is 0 Å². The molecule has 0 aliphatic heterocycles. The first-order chi connectivity index (χ1) is 10.5. The Morgan fingerprint density at radius 1 is 1.13 bits per heavy atom. The van der Waals surface area contributed by atoms with Crippen molar-refractivity contribution in [3.8, 4) is 0 Å². The SMILES string of the molecule is CN=C(NCCCNC(=O)c1ccc(Br)cc1)NCC(C)C.I. The van der Waals surface area contributed by atoms with E-state index in [1.54, 1.807) is 19.2 Å². The Balaban J connectivity index is 0.00000484. The second-order valence-corrected chi connectivity index (χ2v) is 6.31. The maximum absolute atomic E-state index is 11.9. The minimum atomic E-state index is -0.0465. The van der Waals surface area contributed by atoms with Gasteiger partial charge in [-0.25, -0.2) is 0 Å². The minimum Gasteiger partial charge on any atom is -0.356 e. The van der Waals surface area contributed by atoms with E-state index in [0.717, 1.165) is 29.9 Å². The molecule has 0 atom stereocenters. The molecule has 0 saturated heterocycles. The number of rotatable bonds is 7. The van der Waals surface area contributed by atoms with Crippen LogP contribution in [-0.4, -0.2) is 38.5 Å². The van der Waals surface area contributed by atoms with Crippen molar-refractivity contribution in [2.75, 3.05) is 26.7 Å². The van der Waals surface area contributed by atoms with Crippen LogP contribution in [0.5, 0.6) is 0 Å². The molecule has 1 aromatic carbocycles. The summed E-state index contributed by atoms with van der Waals surface area (Å²) in [6, 6.07) is 7.33. The number of benzene rings is 1. The molecule has 0 aromatic heterocycles. The third kappa shape index (κ3) is 9.80. The molecule has 130 valence electrons. The number of amides is 1. The largest absolute Gasteiger partial charge is 0.356 e. The van der Waals surface area contributed by atoms with E-state index in [0.29, 0.717) is 18.0 Å². The Morgan fingerprint density at radius 3 is 2.30 bits per heavy atom. The van der Waals surface area contributed by atoms with Crippen LogP contribution in [0, 0.1) is 5.92 Å². The molecule has 0 radical (unpaired) electrons. The zero-order chi connectivity index (χ0) is 16.4. The van der Waals surface area contributed by atoms with E-state index in [1.165, 1.54) is 0 Å². The van der Waals surface area contributed by atoms with Gasteiger partial charge >= 0.3 is 0 Å². The van der Waals surface area contributed by atoms with Gasteiger partial charge < -0.3 is 16.0 Å². The average molecular weight is 497 g/mol. The van der Waals surface area contributed by atoms with Gasteiger partial charge in [-0.2, -0.15) is 0 Å². The molecule has 0 unspecified atom stereocenters. The molecule has 23 heavy (non-hydrogen) atoms. The molecule has 5 nitrogen and oxygen atoms in total. The van der Waals surface area contributed by atoms with Crippen molar-refractivity contribution >= 4 is 51.8 Å². The number of nitrogens with one attached hydrogen (secondary N) is 3. The highest BCUT2D eigenvalue weighted by Crippen LogP contribution is 2.10. The van der Waals surface area contributed by atoms with E-state index in [4.69, 9.17) is 0 Å². The lowest BCUT2D eigenvalue weighted by Crippen LogP contribution is -2.40. The van der Waals surface area contributed by atoms with Crippen LogP contribution in [0.1, 0.15) is 30.6 Å².